The third-order valence-corrected chi connectivity index (χ3v) is 5.08. The Balaban J connectivity index is 1.65. The van der Waals surface area contributed by atoms with Crippen molar-refractivity contribution in [1.29, 1.82) is 0 Å². The average Bonchev–Trinajstić information content (AvgIpc) is 3.01. The zero-order valence-corrected chi connectivity index (χ0v) is 16.0. The lowest BCUT2D eigenvalue weighted by Crippen LogP contribution is -2.24. The number of nitrogens with one attached hydrogen (secondary N) is 1. The summed E-state index contributed by atoms with van der Waals surface area (Å²) in [5, 5.41) is 4.04. The van der Waals surface area contributed by atoms with E-state index in [-0.39, 0.29) is 11.8 Å². The Bertz CT molecular complexity index is 852. The predicted octanol–water partition coefficient (Wildman–Crippen LogP) is 5.00. The predicted molar refractivity (Wildman–Crippen MR) is 106 cm³/mol. The van der Waals surface area contributed by atoms with Crippen molar-refractivity contribution in [3.8, 4) is 0 Å². The molecule has 0 atom stereocenters. The van der Waals surface area contributed by atoms with Gasteiger partial charge in [-0.3, -0.25) is 9.59 Å². The van der Waals surface area contributed by atoms with Gasteiger partial charge >= 0.3 is 0 Å². The normalized spacial score (nSPS) is 14.0. The van der Waals surface area contributed by atoms with E-state index in [0.29, 0.717) is 35.0 Å². The Labute approximate surface area is 163 Å². The van der Waals surface area contributed by atoms with Crippen LogP contribution in [0.4, 0.5) is 11.4 Å². The monoisotopic (exact) mass is 390 g/mol. The molecular weight excluding hydrogens is 371 g/mol. The minimum Gasteiger partial charge on any atom is -0.326 e. The molecule has 1 heterocycles. The van der Waals surface area contributed by atoms with Gasteiger partial charge in [-0.25, -0.2) is 0 Å². The summed E-state index contributed by atoms with van der Waals surface area (Å²) < 4.78 is 0. The van der Waals surface area contributed by atoms with E-state index in [0.717, 1.165) is 29.8 Å². The van der Waals surface area contributed by atoms with Gasteiger partial charge < -0.3 is 10.2 Å². The minimum absolute atomic E-state index is 0.0985. The van der Waals surface area contributed by atoms with Gasteiger partial charge in [0, 0.05) is 40.8 Å². The lowest BCUT2D eigenvalue weighted by atomic mass is 10.1. The summed E-state index contributed by atoms with van der Waals surface area (Å²) in [7, 11) is 0. The van der Waals surface area contributed by atoms with E-state index in [1.807, 2.05) is 31.2 Å². The maximum atomic E-state index is 12.3. The van der Waals surface area contributed by atoms with Crippen molar-refractivity contribution >= 4 is 46.4 Å². The van der Waals surface area contributed by atoms with Crippen LogP contribution in [0.1, 0.15) is 30.4 Å². The molecule has 0 saturated carbocycles. The summed E-state index contributed by atoms with van der Waals surface area (Å²) in [6.07, 6.45) is 2.30. The van der Waals surface area contributed by atoms with Gasteiger partial charge in [0.15, 0.2) is 0 Å². The molecule has 136 valence electrons. The molecule has 0 radical (unpaired) electrons. The third-order valence-electron chi connectivity index (χ3n) is 4.49. The Hall–Kier alpha value is -2.04. The number of hydrogen-bond acceptors (Lipinski definition) is 2. The molecule has 0 unspecified atom stereocenters. The van der Waals surface area contributed by atoms with Crippen molar-refractivity contribution in [2.45, 2.75) is 32.6 Å². The Morgan fingerprint density at radius 3 is 2.69 bits per heavy atom. The van der Waals surface area contributed by atoms with Gasteiger partial charge in [-0.05, 0) is 55.2 Å². The number of anilines is 2. The van der Waals surface area contributed by atoms with Crippen molar-refractivity contribution in [2.75, 3.05) is 16.8 Å². The molecule has 2 aromatic carbocycles. The number of benzene rings is 2. The molecule has 1 fully saturated rings. The number of aryl methyl sites for hydroxylation is 2. The molecule has 1 N–H and O–H groups in total. The molecule has 1 saturated heterocycles. The van der Waals surface area contributed by atoms with E-state index in [2.05, 4.69) is 5.32 Å². The van der Waals surface area contributed by atoms with Crippen LogP contribution in [0.5, 0.6) is 0 Å². The third kappa shape index (κ3) is 4.37. The number of nitrogens with zero attached hydrogens (tertiary/aromatic N) is 1. The van der Waals surface area contributed by atoms with Crippen molar-refractivity contribution in [2.24, 2.45) is 0 Å². The largest absolute Gasteiger partial charge is 0.326 e. The van der Waals surface area contributed by atoms with E-state index in [1.165, 1.54) is 0 Å². The van der Waals surface area contributed by atoms with Gasteiger partial charge in [-0.2, -0.15) is 0 Å². The van der Waals surface area contributed by atoms with Gasteiger partial charge in [-0.1, -0.05) is 35.3 Å². The first-order chi connectivity index (χ1) is 12.4. The summed E-state index contributed by atoms with van der Waals surface area (Å²) >= 11 is 12.0. The van der Waals surface area contributed by atoms with Crippen molar-refractivity contribution in [3.63, 3.8) is 0 Å². The molecule has 2 aromatic rings. The molecule has 26 heavy (non-hydrogen) atoms. The van der Waals surface area contributed by atoms with Gasteiger partial charge in [-0.15, -0.1) is 0 Å². The average molecular weight is 391 g/mol. The highest BCUT2D eigenvalue weighted by atomic mass is 35.5. The standard InChI is InChI=1S/C20H20Cl2N2O2/c1-13-4-8-16(12-18(13)24-10-2-3-20(24)26)23-19(25)9-6-14-5-7-15(21)11-17(14)22/h4-5,7-8,11-12H,2-3,6,9-10H2,1H3,(H,23,25). The zero-order chi connectivity index (χ0) is 18.7. The number of halogens is 2. The summed E-state index contributed by atoms with van der Waals surface area (Å²) in [6.45, 7) is 2.70. The summed E-state index contributed by atoms with van der Waals surface area (Å²) in [4.78, 5) is 26.1. The van der Waals surface area contributed by atoms with E-state index in [1.54, 1.807) is 17.0 Å². The van der Waals surface area contributed by atoms with Crippen LogP contribution in [0, 0.1) is 6.92 Å². The fraction of sp³-hybridized carbons (Fsp3) is 0.300. The first kappa shape index (κ1) is 18.7. The van der Waals surface area contributed by atoms with Crippen LogP contribution in [-0.4, -0.2) is 18.4 Å². The maximum absolute atomic E-state index is 12.3. The molecule has 2 amide bonds. The Morgan fingerprint density at radius 2 is 2.00 bits per heavy atom. The van der Waals surface area contributed by atoms with E-state index in [9.17, 15) is 9.59 Å². The molecule has 0 bridgehead atoms. The first-order valence-corrected chi connectivity index (χ1v) is 9.34. The van der Waals surface area contributed by atoms with Crippen molar-refractivity contribution in [1.82, 2.24) is 0 Å². The van der Waals surface area contributed by atoms with Crippen LogP contribution in [0.25, 0.3) is 0 Å². The molecule has 4 nitrogen and oxygen atoms in total. The molecule has 1 aliphatic heterocycles. The first-order valence-electron chi connectivity index (χ1n) is 8.59. The van der Waals surface area contributed by atoms with E-state index in [4.69, 9.17) is 23.2 Å². The lowest BCUT2D eigenvalue weighted by molar-refractivity contribution is -0.117. The highest BCUT2D eigenvalue weighted by Gasteiger charge is 2.23. The maximum Gasteiger partial charge on any atom is 0.227 e. The smallest absolute Gasteiger partial charge is 0.227 e. The quantitative estimate of drug-likeness (QED) is 0.780. The van der Waals surface area contributed by atoms with Crippen molar-refractivity contribution < 1.29 is 9.59 Å². The molecule has 0 aromatic heterocycles. The number of hydrogen-bond donors (Lipinski definition) is 1. The Morgan fingerprint density at radius 1 is 1.19 bits per heavy atom. The van der Waals surface area contributed by atoms with Crippen LogP contribution >= 0.6 is 23.2 Å². The second-order valence-corrected chi connectivity index (χ2v) is 7.28. The fourth-order valence-electron chi connectivity index (χ4n) is 3.08. The van der Waals surface area contributed by atoms with Crippen LogP contribution in [-0.2, 0) is 16.0 Å². The molecule has 3 rings (SSSR count). The van der Waals surface area contributed by atoms with Crippen molar-refractivity contribution in [3.05, 3.63) is 57.6 Å². The van der Waals surface area contributed by atoms with Crippen LogP contribution in [0.3, 0.4) is 0 Å². The van der Waals surface area contributed by atoms with Crippen LogP contribution < -0.4 is 10.2 Å². The SMILES string of the molecule is Cc1ccc(NC(=O)CCc2ccc(Cl)cc2Cl)cc1N1CCCC1=O. The zero-order valence-electron chi connectivity index (χ0n) is 14.5. The van der Waals surface area contributed by atoms with Crippen LogP contribution in [0.15, 0.2) is 36.4 Å². The molecule has 6 heteroatoms. The second kappa shape index (κ2) is 8.11. The summed E-state index contributed by atoms with van der Waals surface area (Å²) in [5.41, 5.74) is 3.47. The summed E-state index contributed by atoms with van der Waals surface area (Å²) in [5.74, 6) is 0.0347. The Kier molecular flexibility index (Phi) is 5.84. The van der Waals surface area contributed by atoms with E-state index < -0.39 is 0 Å². The molecule has 0 spiro atoms. The van der Waals surface area contributed by atoms with Gasteiger partial charge in [0.2, 0.25) is 11.8 Å². The van der Waals surface area contributed by atoms with Crippen LogP contribution in [0.2, 0.25) is 10.0 Å². The summed E-state index contributed by atoms with van der Waals surface area (Å²) in [6, 6.07) is 10.9. The van der Waals surface area contributed by atoms with E-state index >= 15 is 0 Å². The topological polar surface area (TPSA) is 49.4 Å². The number of amides is 2. The second-order valence-electron chi connectivity index (χ2n) is 6.43. The lowest BCUT2D eigenvalue weighted by Gasteiger charge is -2.19. The minimum atomic E-state index is -0.0985. The van der Waals surface area contributed by atoms with Gasteiger partial charge in [0.1, 0.15) is 0 Å². The number of carbonyl (C=O) groups is 2. The van der Waals surface area contributed by atoms with Gasteiger partial charge in [0.05, 0.1) is 0 Å². The highest BCUT2D eigenvalue weighted by Crippen LogP contribution is 2.28. The molecular formula is C20H20Cl2N2O2. The number of rotatable bonds is 5. The molecule has 1 aliphatic rings. The molecule has 0 aliphatic carbocycles. The highest BCUT2D eigenvalue weighted by molar-refractivity contribution is 6.35. The number of carbonyl (C=O) groups excluding carboxylic acids is 2. The van der Waals surface area contributed by atoms with Gasteiger partial charge in [0.25, 0.3) is 0 Å². The fourth-order valence-corrected chi connectivity index (χ4v) is 3.58.